The SMILES string of the molecule is CC.[2H]c1ccccc1C(C)(C)C. The molecule has 68 valence electrons. The summed E-state index contributed by atoms with van der Waals surface area (Å²) in [6.45, 7) is 10.4. The van der Waals surface area contributed by atoms with Crippen molar-refractivity contribution in [2.75, 3.05) is 0 Å². The lowest BCUT2D eigenvalue weighted by Gasteiger charge is -2.18. The topological polar surface area (TPSA) is 0 Å². The Balaban J connectivity index is 0.000000671. The molecule has 0 aromatic heterocycles. The smallest absolute Gasteiger partial charge is 0.0626 e. The molecule has 0 heteroatoms. The monoisotopic (exact) mass is 165 g/mol. The zero-order valence-corrected chi connectivity index (χ0v) is 8.81. The lowest BCUT2D eigenvalue weighted by molar-refractivity contribution is 0.590. The number of benzene rings is 1. The molecule has 0 aliphatic carbocycles. The number of hydrogen-bond acceptors (Lipinski definition) is 0. The van der Waals surface area contributed by atoms with Gasteiger partial charge in [0.05, 0.1) is 1.37 Å². The van der Waals surface area contributed by atoms with Crippen molar-refractivity contribution in [1.82, 2.24) is 0 Å². The summed E-state index contributed by atoms with van der Waals surface area (Å²) in [6, 6.07) is 8.37. The molecule has 0 unspecified atom stereocenters. The largest absolute Gasteiger partial charge is 0.0683 e. The zero-order chi connectivity index (χ0) is 10.5. The Hall–Kier alpha value is -0.780. The molecule has 0 radical (unpaired) electrons. The van der Waals surface area contributed by atoms with E-state index in [2.05, 4.69) is 20.8 Å². The Morgan fingerprint density at radius 1 is 1.08 bits per heavy atom. The summed E-state index contributed by atoms with van der Waals surface area (Å²) < 4.78 is 7.63. The third-order valence-electron chi connectivity index (χ3n) is 1.52. The van der Waals surface area contributed by atoms with Gasteiger partial charge in [-0.3, -0.25) is 0 Å². The highest BCUT2D eigenvalue weighted by molar-refractivity contribution is 5.21. The lowest BCUT2D eigenvalue weighted by atomic mass is 9.87. The second-order valence-corrected chi connectivity index (χ2v) is 3.53. The van der Waals surface area contributed by atoms with Gasteiger partial charge in [-0.05, 0) is 11.0 Å². The highest BCUT2D eigenvalue weighted by Gasteiger charge is 2.11. The van der Waals surface area contributed by atoms with Gasteiger partial charge < -0.3 is 0 Å². The van der Waals surface area contributed by atoms with Crippen LogP contribution in [0.5, 0.6) is 0 Å². The maximum Gasteiger partial charge on any atom is 0.0626 e. The lowest BCUT2D eigenvalue weighted by Crippen LogP contribution is -2.10. The van der Waals surface area contributed by atoms with Crippen LogP contribution in [-0.4, -0.2) is 0 Å². The summed E-state index contributed by atoms with van der Waals surface area (Å²) in [5.41, 5.74) is 1.21. The van der Waals surface area contributed by atoms with E-state index in [1.54, 1.807) is 0 Å². The van der Waals surface area contributed by atoms with Gasteiger partial charge in [0.1, 0.15) is 0 Å². The highest BCUT2D eigenvalue weighted by atomic mass is 14.2. The molecule has 1 aromatic carbocycles. The first-order valence-electron chi connectivity index (χ1n) is 5.08. The molecule has 0 N–H and O–H groups in total. The molecule has 0 spiro atoms. The average molecular weight is 165 g/mol. The summed E-state index contributed by atoms with van der Waals surface area (Å²) >= 11 is 0. The Labute approximate surface area is 78.0 Å². The van der Waals surface area contributed by atoms with Gasteiger partial charge in [-0.1, -0.05) is 64.9 Å². The molecule has 0 heterocycles. The van der Waals surface area contributed by atoms with Crippen LogP contribution < -0.4 is 0 Å². The molecule has 0 nitrogen and oxygen atoms in total. The summed E-state index contributed by atoms with van der Waals surface area (Å²) in [5.74, 6) is 0. The van der Waals surface area contributed by atoms with E-state index >= 15 is 0 Å². The second kappa shape index (κ2) is 4.97. The summed E-state index contributed by atoms with van der Waals surface area (Å²) in [6.07, 6.45) is 0. The molecule has 0 aliphatic rings. The van der Waals surface area contributed by atoms with Crippen LogP contribution in [0.1, 0.15) is 41.6 Å². The standard InChI is InChI=1S/C10H14.C2H6/c1-10(2,3)9-7-5-4-6-8-9;1-2/h4-8H,1-3H3;1-2H3/i7D;. The molecule has 1 rings (SSSR count). The molecule has 0 amide bonds. The van der Waals surface area contributed by atoms with Crippen LogP contribution in [0.2, 0.25) is 0 Å². The van der Waals surface area contributed by atoms with Crippen LogP contribution in [-0.2, 0) is 5.41 Å². The predicted octanol–water partition coefficient (Wildman–Crippen LogP) is 4.01. The maximum atomic E-state index is 7.63. The minimum atomic E-state index is 0.0956. The fourth-order valence-electron chi connectivity index (χ4n) is 0.860. The quantitative estimate of drug-likeness (QED) is 0.545. The third kappa shape index (κ3) is 3.56. The van der Waals surface area contributed by atoms with Gasteiger partial charge in [0, 0.05) is 0 Å². The minimum Gasteiger partial charge on any atom is -0.0683 e. The highest BCUT2D eigenvalue weighted by Crippen LogP contribution is 2.20. The molecule has 0 aliphatic heterocycles. The van der Waals surface area contributed by atoms with E-state index in [9.17, 15) is 0 Å². The first-order chi connectivity index (χ1) is 6.02. The van der Waals surface area contributed by atoms with Crippen LogP contribution >= 0.6 is 0 Å². The normalized spacial score (nSPS) is 11.2. The average Bonchev–Trinajstić information content (AvgIpc) is 2.07. The molecular formula is C12H20. The molecule has 0 saturated heterocycles. The molecule has 12 heavy (non-hydrogen) atoms. The van der Waals surface area contributed by atoms with E-state index in [1.165, 1.54) is 0 Å². The fourth-order valence-corrected chi connectivity index (χ4v) is 0.860. The molecule has 0 atom stereocenters. The van der Waals surface area contributed by atoms with Crippen molar-refractivity contribution in [2.45, 2.75) is 40.0 Å². The van der Waals surface area contributed by atoms with Crippen molar-refractivity contribution in [2.24, 2.45) is 0 Å². The van der Waals surface area contributed by atoms with E-state index in [-0.39, 0.29) is 5.41 Å². The van der Waals surface area contributed by atoms with Crippen LogP contribution in [0.15, 0.2) is 30.3 Å². The van der Waals surface area contributed by atoms with Crippen LogP contribution in [0.25, 0.3) is 0 Å². The first kappa shape index (κ1) is 9.31. The Morgan fingerprint density at radius 2 is 1.67 bits per heavy atom. The Kier molecular flexibility index (Phi) is 3.86. The first-order valence-corrected chi connectivity index (χ1v) is 4.58. The maximum absolute atomic E-state index is 7.63. The van der Waals surface area contributed by atoms with E-state index in [1.807, 2.05) is 38.1 Å². The molecular weight excluding hydrogens is 144 g/mol. The van der Waals surface area contributed by atoms with Gasteiger partial charge >= 0.3 is 0 Å². The van der Waals surface area contributed by atoms with Gasteiger partial charge in [0.2, 0.25) is 0 Å². The summed E-state index contributed by atoms with van der Waals surface area (Å²) in [7, 11) is 0. The van der Waals surface area contributed by atoms with E-state index in [4.69, 9.17) is 1.37 Å². The van der Waals surface area contributed by atoms with Crippen molar-refractivity contribution in [1.29, 1.82) is 0 Å². The van der Waals surface area contributed by atoms with Crippen LogP contribution in [0, 0.1) is 0 Å². The van der Waals surface area contributed by atoms with Crippen LogP contribution in [0.3, 0.4) is 0 Å². The van der Waals surface area contributed by atoms with Gasteiger partial charge in [-0.25, -0.2) is 0 Å². The van der Waals surface area contributed by atoms with Crippen molar-refractivity contribution in [3.63, 3.8) is 0 Å². The Morgan fingerprint density at radius 3 is 2.00 bits per heavy atom. The second-order valence-electron chi connectivity index (χ2n) is 3.53. The van der Waals surface area contributed by atoms with E-state index < -0.39 is 0 Å². The number of rotatable bonds is 0. The third-order valence-corrected chi connectivity index (χ3v) is 1.52. The minimum absolute atomic E-state index is 0.0956. The van der Waals surface area contributed by atoms with Gasteiger partial charge in [0.25, 0.3) is 0 Å². The van der Waals surface area contributed by atoms with Crippen molar-refractivity contribution >= 4 is 0 Å². The van der Waals surface area contributed by atoms with Crippen LogP contribution in [0.4, 0.5) is 0 Å². The molecule has 0 bridgehead atoms. The van der Waals surface area contributed by atoms with E-state index in [0.717, 1.165) is 5.56 Å². The van der Waals surface area contributed by atoms with Crippen molar-refractivity contribution < 1.29 is 1.37 Å². The Bertz CT molecular complexity index is 246. The van der Waals surface area contributed by atoms with Crippen molar-refractivity contribution in [3.05, 3.63) is 35.9 Å². The summed E-state index contributed by atoms with van der Waals surface area (Å²) in [5, 5.41) is 0. The molecule has 0 fully saturated rings. The van der Waals surface area contributed by atoms with Gasteiger partial charge in [-0.2, -0.15) is 0 Å². The van der Waals surface area contributed by atoms with Crippen molar-refractivity contribution in [3.8, 4) is 0 Å². The molecule has 0 saturated carbocycles. The molecule has 1 aromatic rings. The summed E-state index contributed by atoms with van der Waals surface area (Å²) in [4.78, 5) is 0. The van der Waals surface area contributed by atoms with E-state index in [0.29, 0.717) is 6.04 Å². The zero-order valence-electron chi connectivity index (χ0n) is 9.81. The van der Waals surface area contributed by atoms with Gasteiger partial charge in [-0.15, -0.1) is 0 Å². The number of hydrogen-bond donors (Lipinski definition) is 0. The predicted molar refractivity (Wildman–Crippen MR) is 56.5 cm³/mol. The fraction of sp³-hybridized carbons (Fsp3) is 0.500. The van der Waals surface area contributed by atoms with Gasteiger partial charge in [0.15, 0.2) is 0 Å².